The van der Waals surface area contributed by atoms with Crippen LogP contribution in [0.4, 0.5) is 0 Å². The molecule has 3 heteroatoms. The number of ether oxygens (including phenoxy) is 1. The van der Waals surface area contributed by atoms with E-state index in [2.05, 4.69) is 51.9 Å². The first kappa shape index (κ1) is 13.9. The Morgan fingerprint density at radius 2 is 2.12 bits per heavy atom. The van der Waals surface area contributed by atoms with E-state index < -0.39 is 0 Å². The standard InChI is InChI=1S/C13H28N2O/c1-7-12(14-6)11(3)15-8-10(2)16-13(4,5)9-15/h10-12,14H,7-9H2,1-6H3. The Labute approximate surface area is 101 Å². The number of nitrogens with one attached hydrogen (secondary N) is 1. The lowest BCUT2D eigenvalue weighted by Crippen LogP contribution is -2.58. The van der Waals surface area contributed by atoms with Gasteiger partial charge in [0.15, 0.2) is 0 Å². The molecule has 1 N–H and O–H groups in total. The van der Waals surface area contributed by atoms with Crippen LogP contribution in [0.25, 0.3) is 0 Å². The topological polar surface area (TPSA) is 24.5 Å². The molecule has 0 saturated carbocycles. The van der Waals surface area contributed by atoms with E-state index in [-0.39, 0.29) is 5.60 Å². The van der Waals surface area contributed by atoms with E-state index in [1.807, 2.05) is 0 Å². The summed E-state index contributed by atoms with van der Waals surface area (Å²) in [5.41, 5.74) is -0.0159. The second-order valence-corrected chi connectivity index (χ2v) is 5.66. The molecule has 0 bridgehead atoms. The summed E-state index contributed by atoms with van der Waals surface area (Å²) in [7, 11) is 2.06. The number of morpholine rings is 1. The average Bonchev–Trinajstić information content (AvgIpc) is 2.16. The van der Waals surface area contributed by atoms with Crippen LogP contribution in [0.2, 0.25) is 0 Å². The maximum absolute atomic E-state index is 5.94. The fourth-order valence-corrected chi connectivity index (χ4v) is 2.85. The van der Waals surface area contributed by atoms with Gasteiger partial charge in [0, 0.05) is 25.2 Å². The van der Waals surface area contributed by atoms with E-state index in [0.717, 1.165) is 13.1 Å². The maximum Gasteiger partial charge on any atom is 0.0757 e. The molecule has 0 aromatic rings. The van der Waals surface area contributed by atoms with Gasteiger partial charge in [0.1, 0.15) is 0 Å². The first-order valence-electron chi connectivity index (χ1n) is 6.48. The van der Waals surface area contributed by atoms with Crippen LogP contribution in [0.5, 0.6) is 0 Å². The summed E-state index contributed by atoms with van der Waals surface area (Å²) in [5.74, 6) is 0. The van der Waals surface area contributed by atoms with E-state index >= 15 is 0 Å². The highest BCUT2D eigenvalue weighted by atomic mass is 16.5. The van der Waals surface area contributed by atoms with Gasteiger partial charge in [-0.1, -0.05) is 6.92 Å². The van der Waals surface area contributed by atoms with E-state index in [9.17, 15) is 0 Å². The Kier molecular flexibility index (Phi) is 4.77. The van der Waals surface area contributed by atoms with Gasteiger partial charge in [-0.2, -0.15) is 0 Å². The van der Waals surface area contributed by atoms with E-state index in [1.54, 1.807) is 0 Å². The third-order valence-electron chi connectivity index (χ3n) is 3.56. The second-order valence-electron chi connectivity index (χ2n) is 5.66. The highest BCUT2D eigenvalue weighted by molar-refractivity contribution is 4.88. The molecule has 0 aromatic carbocycles. The zero-order chi connectivity index (χ0) is 12.3. The monoisotopic (exact) mass is 228 g/mol. The van der Waals surface area contributed by atoms with Crippen molar-refractivity contribution in [3.8, 4) is 0 Å². The molecule has 3 nitrogen and oxygen atoms in total. The molecular formula is C13H28N2O. The third kappa shape index (κ3) is 3.44. The molecule has 1 saturated heterocycles. The van der Waals surface area contributed by atoms with E-state index in [4.69, 9.17) is 4.74 Å². The molecule has 0 aliphatic carbocycles. The van der Waals surface area contributed by atoms with Crippen molar-refractivity contribution >= 4 is 0 Å². The van der Waals surface area contributed by atoms with Crippen LogP contribution in [-0.4, -0.2) is 48.8 Å². The van der Waals surface area contributed by atoms with Crippen LogP contribution in [-0.2, 0) is 4.74 Å². The van der Waals surface area contributed by atoms with Crippen molar-refractivity contribution < 1.29 is 4.74 Å². The summed E-state index contributed by atoms with van der Waals surface area (Å²) in [4.78, 5) is 2.55. The molecule has 1 heterocycles. The van der Waals surface area contributed by atoms with E-state index in [0.29, 0.717) is 18.2 Å². The first-order chi connectivity index (χ1) is 7.39. The zero-order valence-electron chi connectivity index (χ0n) is 11.7. The largest absolute Gasteiger partial charge is 0.370 e. The molecule has 0 aromatic heterocycles. The smallest absolute Gasteiger partial charge is 0.0757 e. The third-order valence-corrected chi connectivity index (χ3v) is 3.56. The quantitative estimate of drug-likeness (QED) is 0.795. The van der Waals surface area contributed by atoms with Gasteiger partial charge in [-0.15, -0.1) is 0 Å². The highest BCUT2D eigenvalue weighted by Gasteiger charge is 2.34. The Morgan fingerprint density at radius 3 is 2.56 bits per heavy atom. The molecule has 0 radical (unpaired) electrons. The summed E-state index contributed by atoms with van der Waals surface area (Å²) in [5, 5.41) is 3.41. The van der Waals surface area contributed by atoms with Crippen LogP contribution in [0.15, 0.2) is 0 Å². The molecule has 1 aliphatic rings. The fourth-order valence-electron chi connectivity index (χ4n) is 2.85. The lowest BCUT2D eigenvalue weighted by molar-refractivity contribution is -0.138. The fraction of sp³-hybridized carbons (Fsp3) is 1.00. The average molecular weight is 228 g/mol. The van der Waals surface area contributed by atoms with Crippen molar-refractivity contribution in [2.45, 2.75) is 64.8 Å². The van der Waals surface area contributed by atoms with E-state index in [1.165, 1.54) is 6.42 Å². The van der Waals surface area contributed by atoms with Crippen LogP contribution in [0.1, 0.15) is 41.0 Å². The molecule has 1 rings (SSSR count). The maximum atomic E-state index is 5.94. The minimum absolute atomic E-state index is 0.0159. The number of likely N-dealkylation sites (N-methyl/N-ethyl adjacent to an activating group) is 1. The SMILES string of the molecule is CCC(NC)C(C)N1CC(C)OC(C)(C)C1. The molecule has 3 unspecified atom stereocenters. The Morgan fingerprint density at radius 1 is 1.50 bits per heavy atom. The normalized spacial score (nSPS) is 30.0. The van der Waals surface area contributed by atoms with Gasteiger partial charge in [0.2, 0.25) is 0 Å². The Bertz CT molecular complexity index is 214. The van der Waals surface area contributed by atoms with Gasteiger partial charge >= 0.3 is 0 Å². The molecule has 0 amide bonds. The number of hydrogen-bond acceptors (Lipinski definition) is 3. The predicted molar refractivity (Wildman–Crippen MR) is 68.8 cm³/mol. The van der Waals surface area contributed by atoms with Crippen LogP contribution in [0, 0.1) is 0 Å². The van der Waals surface area contributed by atoms with Gasteiger partial charge in [0.05, 0.1) is 11.7 Å². The van der Waals surface area contributed by atoms with Crippen molar-refractivity contribution in [1.82, 2.24) is 10.2 Å². The number of nitrogens with zero attached hydrogens (tertiary/aromatic N) is 1. The highest BCUT2D eigenvalue weighted by Crippen LogP contribution is 2.23. The first-order valence-corrected chi connectivity index (χ1v) is 6.48. The summed E-state index contributed by atoms with van der Waals surface area (Å²) in [6.45, 7) is 13.2. The Hall–Kier alpha value is -0.120. The Balaban J connectivity index is 2.64. The summed E-state index contributed by atoms with van der Waals surface area (Å²) < 4.78 is 5.94. The number of rotatable bonds is 4. The molecule has 3 atom stereocenters. The van der Waals surface area contributed by atoms with Crippen LogP contribution >= 0.6 is 0 Å². The van der Waals surface area contributed by atoms with Crippen molar-refractivity contribution in [2.24, 2.45) is 0 Å². The van der Waals surface area contributed by atoms with Gasteiger partial charge in [-0.05, 0) is 41.2 Å². The molecule has 1 fully saturated rings. The minimum Gasteiger partial charge on any atom is -0.370 e. The van der Waals surface area contributed by atoms with Crippen LogP contribution in [0.3, 0.4) is 0 Å². The lowest BCUT2D eigenvalue weighted by atomic mass is 9.99. The molecular weight excluding hydrogens is 200 g/mol. The summed E-state index contributed by atoms with van der Waals surface area (Å²) >= 11 is 0. The van der Waals surface area contributed by atoms with Crippen molar-refractivity contribution in [3.63, 3.8) is 0 Å². The minimum atomic E-state index is -0.0159. The van der Waals surface area contributed by atoms with Crippen LogP contribution < -0.4 is 5.32 Å². The zero-order valence-corrected chi connectivity index (χ0v) is 11.7. The number of hydrogen-bond donors (Lipinski definition) is 1. The molecule has 96 valence electrons. The van der Waals surface area contributed by atoms with Gasteiger partial charge in [-0.25, -0.2) is 0 Å². The summed E-state index contributed by atoms with van der Waals surface area (Å²) in [6, 6.07) is 1.14. The van der Waals surface area contributed by atoms with Crippen molar-refractivity contribution in [3.05, 3.63) is 0 Å². The molecule has 1 aliphatic heterocycles. The summed E-state index contributed by atoms with van der Waals surface area (Å²) in [6.07, 6.45) is 1.50. The molecule has 0 spiro atoms. The van der Waals surface area contributed by atoms with Crippen molar-refractivity contribution in [1.29, 1.82) is 0 Å². The van der Waals surface area contributed by atoms with Gasteiger partial charge < -0.3 is 10.1 Å². The lowest BCUT2D eigenvalue weighted by Gasteiger charge is -2.46. The predicted octanol–water partition coefficient (Wildman–Crippen LogP) is 1.87. The molecule has 16 heavy (non-hydrogen) atoms. The van der Waals surface area contributed by atoms with Gasteiger partial charge in [0.25, 0.3) is 0 Å². The second kappa shape index (κ2) is 5.48. The van der Waals surface area contributed by atoms with Gasteiger partial charge in [-0.3, -0.25) is 4.90 Å². The van der Waals surface area contributed by atoms with Crippen molar-refractivity contribution in [2.75, 3.05) is 20.1 Å².